The van der Waals surface area contributed by atoms with Gasteiger partial charge >= 0.3 is 0 Å². The van der Waals surface area contributed by atoms with E-state index in [9.17, 15) is 0 Å². The molecule has 0 spiro atoms. The van der Waals surface area contributed by atoms with Crippen LogP contribution in [0.15, 0.2) is 77.4 Å². The number of halogens is 1. The number of benzene rings is 2. The van der Waals surface area contributed by atoms with Gasteiger partial charge in [-0.3, -0.25) is 0 Å². The highest BCUT2D eigenvalue weighted by molar-refractivity contribution is 9.10. The highest BCUT2D eigenvalue weighted by atomic mass is 79.9. The Labute approximate surface area is 127 Å². The van der Waals surface area contributed by atoms with Gasteiger partial charge in [0.15, 0.2) is 12.7 Å². The topological polar surface area (TPSA) is 3.88 Å². The zero-order valence-electron chi connectivity index (χ0n) is 11.0. The predicted octanol–water partition coefficient (Wildman–Crippen LogP) is 4.60. The van der Waals surface area contributed by atoms with E-state index in [-0.39, 0.29) is 0 Å². The van der Waals surface area contributed by atoms with E-state index in [1.165, 1.54) is 16.5 Å². The van der Waals surface area contributed by atoms with Crippen molar-refractivity contribution in [1.82, 2.24) is 0 Å². The fourth-order valence-corrected chi connectivity index (χ4v) is 2.66. The predicted molar refractivity (Wildman–Crippen MR) is 87.3 cm³/mol. The van der Waals surface area contributed by atoms with Crippen LogP contribution >= 0.6 is 15.9 Å². The van der Waals surface area contributed by atoms with Gasteiger partial charge in [0.1, 0.15) is 0 Å². The largest absolute Gasteiger partial charge is 0.212 e. The first-order valence-electron chi connectivity index (χ1n) is 6.62. The third-order valence-electron chi connectivity index (χ3n) is 3.25. The third-order valence-corrected chi connectivity index (χ3v) is 3.75. The van der Waals surface area contributed by atoms with Gasteiger partial charge < -0.3 is 0 Å². The molecule has 1 heterocycles. The van der Waals surface area contributed by atoms with Crippen LogP contribution < -0.4 is 4.57 Å². The highest BCUT2D eigenvalue weighted by Crippen LogP contribution is 2.16. The number of fused-ring (bicyclic) bond motifs is 1. The summed E-state index contributed by atoms with van der Waals surface area (Å²) in [6.45, 7) is 0.869. The molecule has 0 fully saturated rings. The Kier molecular flexibility index (Phi) is 3.93. The van der Waals surface area contributed by atoms with Crippen LogP contribution in [-0.2, 0) is 6.54 Å². The minimum absolute atomic E-state index is 0.869. The number of nitrogens with zero attached hydrogens (tertiary/aromatic N) is 1. The zero-order chi connectivity index (χ0) is 13.8. The lowest BCUT2D eigenvalue weighted by Crippen LogP contribution is -2.32. The second-order valence-electron chi connectivity index (χ2n) is 4.68. The van der Waals surface area contributed by atoms with Crippen molar-refractivity contribution in [1.29, 1.82) is 0 Å². The number of allylic oxidation sites excluding steroid dienone is 1. The number of pyridine rings is 1. The number of hydrogen-bond acceptors (Lipinski definition) is 0. The molecule has 0 aliphatic rings. The van der Waals surface area contributed by atoms with E-state index in [2.05, 4.69) is 93.4 Å². The Morgan fingerprint density at radius 2 is 1.80 bits per heavy atom. The summed E-state index contributed by atoms with van der Waals surface area (Å²) >= 11 is 3.52. The summed E-state index contributed by atoms with van der Waals surface area (Å²) in [7, 11) is 0. The first kappa shape index (κ1) is 13.1. The van der Waals surface area contributed by atoms with E-state index in [1.807, 2.05) is 6.07 Å². The average Bonchev–Trinajstić information content (AvgIpc) is 2.48. The zero-order valence-corrected chi connectivity index (χ0v) is 12.6. The van der Waals surface area contributed by atoms with Crippen LogP contribution in [0.3, 0.4) is 0 Å². The fourth-order valence-electron chi connectivity index (χ4n) is 2.28. The van der Waals surface area contributed by atoms with Crippen molar-refractivity contribution >= 4 is 32.9 Å². The van der Waals surface area contributed by atoms with E-state index < -0.39 is 0 Å². The van der Waals surface area contributed by atoms with Gasteiger partial charge in [0, 0.05) is 22.0 Å². The minimum Gasteiger partial charge on any atom is -0.195 e. The van der Waals surface area contributed by atoms with E-state index in [4.69, 9.17) is 0 Å². The van der Waals surface area contributed by atoms with Crippen molar-refractivity contribution < 1.29 is 4.57 Å². The van der Waals surface area contributed by atoms with E-state index in [1.54, 1.807) is 0 Å². The molecule has 0 amide bonds. The van der Waals surface area contributed by atoms with Crippen molar-refractivity contribution in [2.24, 2.45) is 0 Å². The lowest BCUT2D eigenvalue weighted by Gasteiger charge is -1.99. The first-order chi connectivity index (χ1) is 9.83. The van der Waals surface area contributed by atoms with Crippen LogP contribution in [0, 0.1) is 0 Å². The second-order valence-corrected chi connectivity index (χ2v) is 5.59. The molecule has 2 aromatic carbocycles. The molecular formula is C18H15BrN+. The lowest BCUT2D eigenvalue weighted by molar-refractivity contribution is -0.660. The van der Waals surface area contributed by atoms with Crippen molar-refractivity contribution in [3.63, 3.8) is 0 Å². The molecule has 0 aliphatic carbocycles. The molecule has 0 saturated heterocycles. The Morgan fingerprint density at radius 1 is 0.950 bits per heavy atom. The molecule has 3 aromatic rings. The van der Waals surface area contributed by atoms with Crippen molar-refractivity contribution in [3.05, 3.63) is 83.0 Å². The summed E-state index contributed by atoms with van der Waals surface area (Å²) in [4.78, 5) is 0. The minimum atomic E-state index is 0.869. The summed E-state index contributed by atoms with van der Waals surface area (Å²) in [6.07, 6.45) is 6.47. The number of hydrogen-bond donors (Lipinski definition) is 0. The quantitative estimate of drug-likeness (QED) is 0.620. The van der Waals surface area contributed by atoms with Crippen LogP contribution in [0.5, 0.6) is 0 Å². The summed E-state index contributed by atoms with van der Waals surface area (Å²) in [5.74, 6) is 0. The highest BCUT2D eigenvalue weighted by Gasteiger charge is 2.06. The van der Waals surface area contributed by atoms with E-state index >= 15 is 0 Å². The molecule has 0 aliphatic heterocycles. The van der Waals surface area contributed by atoms with E-state index in [0.717, 1.165) is 11.0 Å². The van der Waals surface area contributed by atoms with Crippen molar-refractivity contribution in [2.75, 3.05) is 0 Å². The molecule has 0 saturated carbocycles. The molecule has 0 N–H and O–H groups in total. The van der Waals surface area contributed by atoms with Crippen LogP contribution in [0.2, 0.25) is 0 Å². The van der Waals surface area contributed by atoms with Crippen LogP contribution in [-0.4, -0.2) is 0 Å². The molecule has 0 radical (unpaired) electrons. The molecule has 0 unspecified atom stereocenters. The number of aromatic nitrogens is 1. The summed E-state index contributed by atoms with van der Waals surface area (Å²) in [5.41, 5.74) is 2.48. The molecule has 1 nitrogen and oxygen atoms in total. The molecule has 20 heavy (non-hydrogen) atoms. The Balaban J connectivity index is 1.86. The molecule has 3 rings (SSSR count). The molecule has 0 bridgehead atoms. The maximum absolute atomic E-state index is 3.52. The Bertz CT molecular complexity index is 748. The summed E-state index contributed by atoms with van der Waals surface area (Å²) in [6, 6.07) is 21.0. The van der Waals surface area contributed by atoms with Gasteiger partial charge in [-0.2, -0.15) is 4.57 Å². The van der Waals surface area contributed by atoms with Crippen LogP contribution in [0.4, 0.5) is 0 Å². The SMILES string of the molecule is Brc1ccc2c(ccc[n+]2CC=Cc2ccccc2)c1. The van der Waals surface area contributed by atoms with Gasteiger partial charge in [0.25, 0.3) is 0 Å². The van der Waals surface area contributed by atoms with Crippen LogP contribution in [0.25, 0.3) is 17.0 Å². The smallest absolute Gasteiger partial charge is 0.195 e. The van der Waals surface area contributed by atoms with Gasteiger partial charge in [0.2, 0.25) is 5.52 Å². The van der Waals surface area contributed by atoms with Gasteiger partial charge in [-0.05, 0) is 29.8 Å². The third kappa shape index (κ3) is 2.97. The molecule has 2 heteroatoms. The van der Waals surface area contributed by atoms with Crippen LogP contribution in [0.1, 0.15) is 5.56 Å². The fraction of sp³-hybridized carbons (Fsp3) is 0.0556. The normalized spacial score (nSPS) is 11.2. The first-order valence-corrected chi connectivity index (χ1v) is 7.41. The average molecular weight is 325 g/mol. The van der Waals surface area contributed by atoms with Gasteiger partial charge in [0.05, 0.1) is 0 Å². The second kappa shape index (κ2) is 6.02. The number of rotatable bonds is 3. The van der Waals surface area contributed by atoms with Gasteiger partial charge in [-0.1, -0.05) is 52.3 Å². The molecule has 1 aromatic heterocycles. The monoisotopic (exact) mass is 324 g/mol. The van der Waals surface area contributed by atoms with Crippen molar-refractivity contribution in [3.8, 4) is 0 Å². The maximum atomic E-state index is 3.52. The maximum Gasteiger partial charge on any atom is 0.212 e. The Hall–Kier alpha value is -1.93. The molecular weight excluding hydrogens is 310 g/mol. The standard InChI is InChI=1S/C18H15BrN/c19-17-10-11-18-16(14-17)9-5-13-20(18)12-4-8-15-6-2-1-3-7-15/h1-11,13-14H,12H2/q+1. The molecule has 98 valence electrons. The van der Waals surface area contributed by atoms with Gasteiger partial charge in [-0.25, -0.2) is 0 Å². The Morgan fingerprint density at radius 3 is 2.65 bits per heavy atom. The summed E-state index contributed by atoms with van der Waals surface area (Å²) in [5, 5.41) is 1.25. The van der Waals surface area contributed by atoms with Crippen molar-refractivity contribution in [2.45, 2.75) is 6.54 Å². The lowest BCUT2D eigenvalue weighted by atomic mass is 10.2. The van der Waals surface area contributed by atoms with E-state index in [0.29, 0.717) is 0 Å². The molecule has 0 atom stereocenters. The summed E-state index contributed by atoms with van der Waals surface area (Å²) < 4.78 is 3.36. The van der Waals surface area contributed by atoms with Gasteiger partial charge in [-0.15, -0.1) is 0 Å².